The minimum atomic E-state index is -4.37. The number of hydrogen-bond acceptors (Lipinski definition) is 3. The molecular formula is C15H17F3N2O2. The van der Waals surface area contributed by atoms with Crippen LogP contribution in [0.5, 0.6) is 11.5 Å². The Balaban J connectivity index is 1.82. The lowest BCUT2D eigenvalue weighted by Crippen LogP contribution is -2.19. The van der Waals surface area contributed by atoms with Crippen LogP contribution in [0.1, 0.15) is 12.0 Å². The summed E-state index contributed by atoms with van der Waals surface area (Å²) in [5.41, 5.74) is 1.09. The third-order valence-electron chi connectivity index (χ3n) is 2.87. The molecule has 120 valence electrons. The summed E-state index contributed by atoms with van der Waals surface area (Å²) in [5.74, 6) is 0.416. The van der Waals surface area contributed by atoms with Crippen LogP contribution in [0.15, 0.2) is 36.7 Å². The number of aromatic nitrogens is 2. The third-order valence-corrected chi connectivity index (χ3v) is 2.87. The third kappa shape index (κ3) is 5.31. The zero-order chi connectivity index (χ0) is 16.0. The molecule has 0 spiro atoms. The fourth-order valence-electron chi connectivity index (χ4n) is 1.91. The van der Waals surface area contributed by atoms with E-state index in [9.17, 15) is 13.2 Å². The van der Waals surface area contributed by atoms with Crippen molar-refractivity contribution in [2.24, 2.45) is 7.05 Å². The van der Waals surface area contributed by atoms with Gasteiger partial charge in [0.1, 0.15) is 0 Å². The van der Waals surface area contributed by atoms with Gasteiger partial charge in [-0.1, -0.05) is 12.1 Å². The molecule has 2 rings (SSSR count). The van der Waals surface area contributed by atoms with E-state index >= 15 is 0 Å². The van der Waals surface area contributed by atoms with Gasteiger partial charge >= 0.3 is 6.18 Å². The Morgan fingerprint density at radius 2 is 1.82 bits per heavy atom. The smallest absolute Gasteiger partial charge is 0.422 e. The van der Waals surface area contributed by atoms with E-state index in [2.05, 4.69) is 5.10 Å². The van der Waals surface area contributed by atoms with Gasteiger partial charge in [-0.15, -0.1) is 0 Å². The number of hydrogen-bond donors (Lipinski definition) is 0. The maximum absolute atomic E-state index is 12.2. The van der Waals surface area contributed by atoms with Crippen LogP contribution in [0.25, 0.3) is 0 Å². The predicted molar refractivity (Wildman–Crippen MR) is 75.0 cm³/mol. The van der Waals surface area contributed by atoms with E-state index in [1.54, 1.807) is 29.1 Å². The summed E-state index contributed by atoms with van der Waals surface area (Å²) in [5, 5.41) is 4.06. The molecule has 1 aromatic heterocycles. The lowest BCUT2D eigenvalue weighted by molar-refractivity contribution is -0.153. The first-order valence-electron chi connectivity index (χ1n) is 6.83. The highest BCUT2D eigenvalue weighted by Crippen LogP contribution is 2.28. The molecule has 4 nitrogen and oxygen atoms in total. The highest BCUT2D eigenvalue weighted by molar-refractivity contribution is 5.39. The molecule has 0 aliphatic carbocycles. The van der Waals surface area contributed by atoms with Gasteiger partial charge in [-0.25, -0.2) is 0 Å². The van der Waals surface area contributed by atoms with Gasteiger partial charge in [0.25, 0.3) is 0 Å². The van der Waals surface area contributed by atoms with Crippen molar-refractivity contribution in [1.82, 2.24) is 9.78 Å². The van der Waals surface area contributed by atoms with Crippen molar-refractivity contribution < 1.29 is 22.6 Å². The van der Waals surface area contributed by atoms with Gasteiger partial charge in [0.15, 0.2) is 18.1 Å². The van der Waals surface area contributed by atoms with Crippen LogP contribution < -0.4 is 9.47 Å². The fraction of sp³-hybridized carbons (Fsp3) is 0.400. The van der Waals surface area contributed by atoms with E-state index < -0.39 is 12.8 Å². The Morgan fingerprint density at radius 1 is 1.14 bits per heavy atom. The molecule has 0 amide bonds. The molecule has 0 N–H and O–H groups in total. The second-order valence-corrected chi connectivity index (χ2v) is 4.82. The van der Waals surface area contributed by atoms with Crippen LogP contribution >= 0.6 is 0 Å². The number of rotatable bonds is 7. The van der Waals surface area contributed by atoms with Crippen molar-refractivity contribution >= 4 is 0 Å². The van der Waals surface area contributed by atoms with E-state index in [1.165, 1.54) is 6.07 Å². The first-order chi connectivity index (χ1) is 10.4. The predicted octanol–water partition coefficient (Wildman–Crippen LogP) is 3.37. The van der Waals surface area contributed by atoms with Crippen molar-refractivity contribution in [3.63, 3.8) is 0 Å². The van der Waals surface area contributed by atoms with Gasteiger partial charge < -0.3 is 9.47 Å². The SMILES string of the molecule is Cn1cc(CCCOc2ccccc2OCC(F)(F)F)cn1. The first kappa shape index (κ1) is 16.2. The second kappa shape index (κ2) is 7.20. The fourth-order valence-corrected chi connectivity index (χ4v) is 1.91. The van der Waals surface area contributed by atoms with E-state index in [-0.39, 0.29) is 5.75 Å². The summed E-state index contributed by atoms with van der Waals surface area (Å²) < 4.78 is 48.6. The summed E-state index contributed by atoms with van der Waals surface area (Å²) in [6, 6.07) is 6.35. The summed E-state index contributed by atoms with van der Waals surface area (Å²) in [6.07, 6.45) is 0.854. The molecule has 0 saturated carbocycles. The zero-order valence-electron chi connectivity index (χ0n) is 12.1. The number of halogens is 3. The highest BCUT2D eigenvalue weighted by Gasteiger charge is 2.28. The van der Waals surface area contributed by atoms with Gasteiger partial charge in [0.2, 0.25) is 0 Å². The molecule has 7 heteroatoms. The Kier molecular flexibility index (Phi) is 5.30. The summed E-state index contributed by atoms with van der Waals surface area (Å²) in [6.45, 7) is -0.940. The molecule has 0 fully saturated rings. The normalized spacial score (nSPS) is 11.5. The van der Waals surface area contributed by atoms with Gasteiger partial charge in [-0.05, 0) is 30.5 Å². The van der Waals surface area contributed by atoms with Gasteiger partial charge in [0, 0.05) is 13.2 Å². The van der Waals surface area contributed by atoms with Crippen LogP contribution in [0.3, 0.4) is 0 Å². The van der Waals surface area contributed by atoms with Crippen LogP contribution in [-0.4, -0.2) is 29.2 Å². The molecule has 0 saturated heterocycles. The average molecular weight is 314 g/mol. The van der Waals surface area contributed by atoms with Gasteiger partial charge in [-0.2, -0.15) is 18.3 Å². The molecule has 0 unspecified atom stereocenters. The maximum Gasteiger partial charge on any atom is 0.422 e. The van der Waals surface area contributed by atoms with Crippen molar-refractivity contribution in [1.29, 1.82) is 0 Å². The number of para-hydroxylation sites is 2. The standard InChI is InChI=1S/C15H17F3N2O2/c1-20-10-12(9-19-20)5-4-8-21-13-6-2-3-7-14(13)22-11-15(16,17)18/h2-3,6-7,9-10H,4-5,8,11H2,1H3. The zero-order valence-corrected chi connectivity index (χ0v) is 12.1. The quantitative estimate of drug-likeness (QED) is 0.735. The minimum Gasteiger partial charge on any atom is -0.490 e. The molecule has 22 heavy (non-hydrogen) atoms. The molecule has 0 aliphatic rings. The number of ether oxygens (including phenoxy) is 2. The summed E-state index contributed by atoms with van der Waals surface area (Å²) >= 11 is 0. The minimum absolute atomic E-state index is 0.0983. The van der Waals surface area contributed by atoms with E-state index in [0.29, 0.717) is 12.4 Å². The Bertz CT molecular complexity index is 596. The lowest BCUT2D eigenvalue weighted by Gasteiger charge is -2.13. The molecule has 0 aliphatic heterocycles. The van der Waals surface area contributed by atoms with Crippen molar-refractivity contribution in [3.05, 3.63) is 42.2 Å². The number of aryl methyl sites for hydroxylation is 2. The van der Waals surface area contributed by atoms with Gasteiger partial charge in [0.05, 0.1) is 12.8 Å². The molecule has 2 aromatic rings. The van der Waals surface area contributed by atoms with E-state index in [1.807, 2.05) is 13.2 Å². The Labute approximate surface area is 126 Å². The van der Waals surface area contributed by atoms with E-state index in [4.69, 9.17) is 9.47 Å². The number of alkyl halides is 3. The highest BCUT2D eigenvalue weighted by atomic mass is 19.4. The summed E-state index contributed by atoms with van der Waals surface area (Å²) in [7, 11) is 1.84. The molecule has 1 aromatic carbocycles. The van der Waals surface area contributed by atoms with E-state index in [0.717, 1.165) is 18.4 Å². The lowest BCUT2D eigenvalue weighted by atomic mass is 10.2. The molecular weight excluding hydrogens is 297 g/mol. The van der Waals surface area contributed by atoms with Crippen molar-refractivity contribution in [2.75, 3.05) is 13.2 Å². The monoisotopic (exact) mass is 314 g/mol. The van der Waals surface area contributed by atoms with Crippen LogP contribution in [0.2, 0.25) is 0 Å². The molecule has 1 heterocycles. The van der Waals surface area contributed by atoms with Crippen LogP contribution in [-0.2, 0) is 13.5 Å². The van der Waals surface area contributed by atoms with Crippen LogP contribution in [0.4, 0.5) is 13.2 Å². The Morgan fingerprint density at radius 3 is 2.41 bits per heavy atom. The number of nitrogens with zero attached hydrogens (tertiary/aromatic N) is 2. The largest absolute Gasteiger partial charge is 0.490 e. The maximum atomic E-state index is 12.2. The first-order valence-corrected chi connectivity index (χ1v) is 6.83. The molecule has 0 bridgehead atoms. The topological polar surface area (TPSA) is 36.3 Å². The molecule has 0 atom stereocenters. The average Bonchev–Trinajstić information content (AvgIpc) is 2.87. The second-order valence-electron chi connectivity index (χ2n) is 4.82. The summed E-state index contributed by atoms with van der Waals surface area (Å²) in [4.78, 5) is 0. The number of benzene rings is 1. The Hall–Kier alpha value is -2.18. The van der Waals surface area contributed by atoms with Crippen molar-refractivity contribution in [3.8, 4) is 11.5 Å². The van der Waals surface area contributed by atoms with Gasteiger partial charge in [-0.3, -0.25) is 4.68 Å². The van der Waals surface area contributed by atoms with Crippen molar-refractivity contribution in [2.45, 2.75) is 19.0 Å². The molecule has 0 radical (unpaired) electrons. The van der Waals surface area contributed by atoms with Crippen LogP contribution in [0, 0.1) is 0 Å².